The molecule has 0 unspecified atom stereocenters. The maximum Gasteiger partial charge on any atom is 0.168 e. The van der Waals surface area contributed by atoms with Crippen LogP contribution < -0.4 is 9.80 Å². The number of anilines is 1. The average Bonchev–Trinajstić information content (AvgIpc) is 2.98. The molecule has 0 spiro atoms. The van der Waals surface area contributed by atoms with E-state index in [4.69, 9.17) is 4.74 Å². The van der Waals surface area contributed by atoms with Crippen molar-refractivity contribution >= 4 is 29.7 Å². The monoisotopic (exact) mass is 613 g/mol. The Kier molecular flexibility index (Phi) is 24.0. The SMILES string of the molecule is C=C(Nc1ccc(C(=O)C(C)(C)C)cc1)C(C)(C)OCCC(C)C.CC.CC.CCC=O.C[N+](C)(C)c1ccc(C=O)cc1. The molecule has 0 bridgehead atoms. The number of nitrogens with one attached hydrogen (secondary N) is 1. The van der Waals surface area contributed by atoms with Crippen molar-refractivity contribution in [3.8, 4) is 0 Å². The van der Waals surface area contributed by atoms with Crippen molar-refractivity contribution in [2.45, 2.75) is 102 Å². The molecule has 0 atom stereocenters. The molecule has 0 saturated carbocycles. The van der Waals surface area contributed by atoms with Crippen LogP contribution in [0.2, 0.25) is 0 Å². The Balaban J connectivity index is -0.000000696. The second-order valence-corrected chi connectivity index (χ2v) is 12.6. The van der Waals surface area contributed by atoms with Crippen LogP contribution >= 0.6 is 0 Å². The van der Waals surface area contributed by atoms with Gasteiger partial charge in [0.05, 0.1) is 21.1 Å². The number of aldehydes is 2. The van der Waals surface area contributed by atoms with Gasteiger partial charge in [-0.15, -0.1) is 0 Å². The van der Waals surface area contributed by atoms with Crippen molar-refractivity contribution in [3.63, 3.8) is 0 Å². The van der Waals surface area contributed by atoms with Crippen molar-refractivity contribution in [3.05, 3.63) is 71.9 Å². The van der Waals surface area contributed by atoms with Gasteiger partial charge in [0.25, 0.3) is 0 Å². The smallest absolute Gasteiger partial charge is 0.168 e. The number of nitrogens with zero attached hydrogens (tertiary/aromatic N) is 1. The standard InChI is InChI=1S/C21H33NO2.C10H14NO.C3H6O.2C2H6/c1-15(2)13-14-24-21(7,8)16(3)22-18-11-9-17(10-12-18)19(23)20(4,5)6;1-11(2,3)10-6-4-9(8-12)5-7-10;1-2-3-4;2*1-2/h9-12,15,22H,3,13-14H2,1-2,4-8H3;4-8H,1-3H3;3H,2H2,1H3;2*1-2H3/q;+1;;;. The number of ether oxygens (including phenoxy) is 1. The molecule has 2 aromatic rings. The first kappa shape index (κ1) is 45.3. The van der Waals surface area contributed by atoms with Crippen LogP contribution in [0.5, 0.6) is 0 Å². The number of Topliss-reactive ketones (excluding diaryl/α,β-unsaturated/α-hetero) is 1. The maximum atomic E-state index is 12.3. The van der Waals surface area contributed by atoms with E-state index in [1.807, 2.05) is 118 Å². The zero-order valence-corrected chi connectivity index (χ0v) is 30.8. The third-order valence-electron chi connectivity index (χ3n) is 5.98. The van der Waals surface area contributed by atoms with E-state index in [2.05, 4.69) is 46.9 Å². The molecule has 250 valence electrons. The largest absolute Gasteiger partial charge is 0.369 e. The van der Waals surface area contributed by atoms with Crippen LogP contribution in [0.3, 0.4) is 0 Å². The molecule has 0 heterocycles. The molecular formula is C38H65N2O4+. The van der Waals surface area contributed by atoms with Crippen molar-refractivity contribution < 1.29 is 19.1 Å². The molecule has 1 N–H and O–H groups in total. The fraction of sp³-hybridized carbons (Fsp3) is 0.553. The second-order valence-electron chi connectivity index (χ2n) is 12.6. The zero-order chi connectivity index (χ0) is 35.1. The third kappa shape index (κ3) is 20.0. The number of carbonyl (C=O) groups excluding carboxylic acids is 3. The van der Waals surface area contributed by atoms with E-state index in [9.17, 15) is 14.4 Å². The van der Waals surface area contributed by atoms with E-state index in [0.717, 1.165) is 46.0 Å². The van der Waals surface area contributed by atoms with Gasteiger partial charge < -0.3 is 14.8 Å². The van der Waals surface area contributed by atoms with Crippen LogP contribution in [0.25, 0.3) is 0 Å². The van der Waals surface area contributed by atoms with Gasteiger partial charge in [0, 0.05) is 41.0 Å². The summed E-state index contributed by atoms with van der Waals surface area (Å²) in [7, 11) is 6.28. The first-order valence-corrected chi connectivity index (χ1v) is 15.9. The molecule has 0 aliphatic rings. The summed E-state index contributed by atoms with van der Waals surface area (Å²) in [6.45, 7) is 28.8. The highest BCUT2D eigenvalue weighted by molar-refractivity contribution is 6.00. The van der Waals surface area contributed by atoms with Crippen LogP contribution in [0, 0.1) is 11.3 Å². The van der Waals surface area contributed by atoms with Gasteiger partial charge in [0.2, 0.25) is 0 Å². The summed E-state index contributed by atoms with van der Waals surface area (Å²) < 4.78 is 6.74. The Bertz CT molecular complexity index is 1060. The van der Waals surface area contributed by atoms with Crippen LogP contribution in [0.1, 0.15) is 117 Å². The molecule has 0 aliphatic carbocycles. The zero-order valence-electron chi connectivity index (χ0n) is 30.8. The maximum absolute atomic E-state index is 12.3. The summed E-state index contributed by atoms with van der Waals surface area (Å²) in [5.41, 5.74) is 3.55. The van der Waals surface area contributed by atoms with Gasteiger partial charge >= 0.3 is 0 Å². The molecule has 6 heteroatoms. The summed E-state index contributed by atoms with van der Waals surface area (Å²) in [5, 5.41) is 3.29. The van der Waals surface area contributed by atoms with Crippen LogP contribution in [-0.4, -0.2) is 51.7 Å². The second kappa shape index (κ2) is 23.3. The predicted octanol–water partition coefficient (Wildman–Crippen LogP) is 10.0. The van der Waals surface area contributed by atoms with Crippen molar-refractivity contribution in [2.75, 3.05) is 33.1 Å². The molecular weight excluding hydrogens is 548 g/mol. The van der Waals surface area contributed by atoms with E-state index < -0.39 is 5.60 Å². The Labute approximate surface area is 270 Å². The molecule has 0 fully saturated rings. The summed E-state index contributed by atoms with van der Waals surface area (Å²) in [6.07, 6.45) is 3.40. The van der Waals surface area contributed by atoms with Gasteiger partial charge in [-0.2, -0.15) is 0 Å². The molecule has 0 aliphatic heterocycles. The lowest BCUT2D eigenvalue weighted by Crippen LogP contribution is -2.34. The molecule has 2 rings (SSSR count). The first-order valence-electron chi connectivity index (χ1n) is 15.9. The van der Waals surface area contributed by atoms with E-state index in [0.29, 0.717) is 18.9 Å². The molecule has 44 heavy (non-hydrogen) atoms. The van der Waals surface area contributed by atoms with Gasteiger partial charge in [-0.25, -0.2) is 0 Å². The van der Waals surface area contributed by atoms with Gasteiger partial charge in [0.15, 0.2) is 5.78 Å². The molecule has 6 nitrogen and oxygen atoms in total. The summed E-state index contributed by atoms with van der Waals surface area (Å²) >= 11 is 0. The van der Waals surface area contributed by atoms with Crippen LogP contribution in [0.15, 0.2) is 60.8 Å². The number of rotatable bonds is 11. The molecule has 0 aromatic heterocycles. The minimum atomic E-state index is -0.450. The Morgan fingerprint density at radius 3 is 1.68 bits per heavy atom. The molecule has 2 aromatic carbocycles. The number of quaternary nitrogens is 1. The number of benzene rings is 2. The fourth-order valence-electron chi connectivity index (χ4n) is 3.10. The molecule has 0 saturated heterocycles. The Morgan fingerprint density at radius 1 is 0.886 bits per heavy atom. The summed E-state index contributed by atoms with van der Waals surface area (Å²) in [6, 6.07) is 15.2. The fourth-order valence-corrected chi connectivity index (χ4v) is 3.10. The van der Waals surface area contributed by atoms with Gasteiger partial charge in [-0.1, -0.05) is 75.8 Å². The van der Waals surface area contributed by atoms with E-state index in [1.54, 1.807) is 0 Å². The van der Waals surface area contributed by atoms with E-state index >= 15 is 0 Å². The molecule has 0 radical (unpaired) electrons. The highest BCUT2D eigenvalue weighted by atomic mass is 16.5. The lowest BCUT2D eigenvalue weighted by Gasteiger charge is -2.29. The normalized spacial score (nSPS) is 10.6. The topological polar surface area (TPSA) is 72.5 Å². The minimum absolute atomic E-state index is 0.144. The van der Waals surface area contributed by atoms with Crippen molar-refractivity contribution in [2.24, 2.45) is 11.3 Å². The van der Waals surface area contributed by atoms with Crippen LogP contribution in [-0.2, 0) is 9.53 Å². The summed E-state index contributed by atoms with van der Waals surface area (Å²) in [5.74, 6) is 0.764. The quantitative estimate of drug-likeness (QED) is 0.155. The van der Waals surface area contributed by atoms with Crippen molar-refractivity contribution in [1.29, 1.82) is 0 Å². The number of hydrogen-bond acceptors (Lipinski definition) is 5. The number of ketones is 1. The average molecular weight is 614 g/mol. The number of hydrogen-bond donors (Lipinski definition) is 1. The Hall–Kier alpha value is -3.09. The predicted molar refractivity (Wildman–Crippen MR) is 193 cm³/mol. The van der Waals surface area contributed by atoms with Gasteiger partial charge in [0.1, 0.15) is 23.9 Å². The highest BCUT2D eigenvalue weighted by Crippen LogP contribution is 2.25. The minimum Gasteiger partial charge on any atom is -0.369 e. The van der Waals surface area contributed by atoms with Crippen LogP contribution in [0.4, 0.5) is 11.4 Å². The lowest BCUT2D eigenvalue weighted by atomic mass is 9.86. The van der Waals surface area contributed by atoms with E-state index in [1.165, 1.54) is 5.69 Å². The van der Waals surface area contributed by atoms with Gasteiger partial charge in [-0.3, -0.25) is 14.1 Å². The summed E-state index contributed by atoms with van der Waals surface area (Å²) in [4.78, 5) is 31.8. The Morgan fingerprint density at radius 2 is 1.34 bits per heavy atom. The highest BCUT2D eigenvalue weighted by Gasteiger charge is 2.24. The lowest BCUT2D eigenvalue weighted by molar-refractivity contribution is -0.107. The van der Waals surface area contributed by atoms with Crippen molar-refractivity contribution in [1.82, 2.24) is 4.48 Å². The van der Waals surface area contributed by atoms with E-state index in [-0.39, 0.29) is 11.2 Å². The molecule has 0 amide bonds. The third-order valence-corrected chi connectivity index (χ3v) is 5.98. The van der Waals surface area contributed by atoms with Gasteiger partial charge in [-0.05, 0) is 74.7 Å². The number of carbonyl (C=O) groups is 3. The first-order chi connectivity index (χ1) is 20.4.